The van der Waals surface area contributed by atoms with Crippen LogP contribution in [-0.2, 0) is 6.42 Å². The first kappa shape index (κ1) is 17.0. The number of imidazole rings is 1. The molecule has 0 spiro atoms. The van der Waals surface area contributed by atoms with Crippen molar-refractivity contribution in [3.05, 3.63) is 53.6 Å². The molecule has 0 radical (unpaired) electrons. The summed E-state index contributed by atoms with van der Waals surface area (Å²) in [4.78, 5) is 3.42. The molecule has 0 aliphatic carbocycles. The third kappa shape index (κ3) is 2.98. The van der Waals surface area contributed by atoms with Crippen LogP contribution in [0.3, 0.4) is 0 Å². The number of hydrogen-bond acceptors (Lipinski definition) is 2. The molecule has 128 valence electrons. The molecule has 2 aromatic heterocycles. The van der Waals surface area contributed by atoms with Crippen molar-refractivity contribution in [1.29, 1.82) is 5.26 Å². The monoisotopic (exact) mass is 333 g/mol. The van der Waals surface area contributed by atoms with Gasteiger partial charge in [0.1, 0.15) is 22.7 Å². The molecule has 0 atom stereocenters. The molecule has 0 bridgehead atoms. The maximum absolute atomic E-state index is 9.74. The van der Waals surface area contributed by atoms with E-state index in [9.17, 15) is 5.26 Å². The Morgan fingerprint density at radius 3 is 2.80 bits per heavy atom. The highest BCUT2D eigenvalue weighted by atomic mass is 15.1. The van der Waals surface area contributed by atoms with Crippen molar-refractivity contribution in [1.82, 2.24) is 4.98 Å². The van der Waals surface area contributed by atoms with Gasteiger partial charge in [0, 0.05) is 5.56 Å². The van der Waals surface area contributed by atoms with Crippen LogP contribution in [0, 0.1) is 24.2 Å². The van der Waals surface area contributed by atoms with E-state index in [0.717, 1.165) is 53.0 Å². The number of hydrogen-bond donors (Lipinski definition) is 2. The van der Waals surface area contributed by atoms with Gasteiger partial charge in [0.25, 0.3) is 0 Å². The third-order valence-corrected chi connectivity index (χ3v) is 4.67. The van der Waals surface area contributed by atoms with Crippen molar-refractivity contribution in [3.8, 4) is 6.07 Å². The van der Waals surface area contributed by atoms with Crippen molar-refractivity contribution in [3.63, 3.8) is 0 Å². The second-order valence-electron chi connectivity index (χ2n) is 6.87. The lowest BCUT2D eigenvalue weighted by molar-refractivity contribution is -0.465. The average molecular weight is 333 g/mol. The molecule has 1 aromatic carbocycles. The summed E-state index contributed by atoms with van der Waals surface area (Å²) >= 11 is 0. The van der Waals surface area contributed by atoms with Crippen LogP contribution in [0.25, 0.3) is 16.7 Å². The van der Waals surface area contributed by atoms with Gasteiger partial charge in [-0.2, -0.15) is 9.66 Å². The highest BCUT2D eigenvalue weighted by Crippen LogP contribution is 2.26. The van der Waals surface area contributed by atoms with Crippen molar-refractivity contribution in [2.24, 2.45) is 5.92 Å². The predicted molar refractivity (Wildman–Crippen MR) is 103 cm³/mol. The van der Waals surface area contributed by atoms with Crippen molar-refractivity contribution >= 4 is 22.5 Å². The summed E-state index contributed by atoms with van der Waals surface area (Å²) in [6.07, 6.45) is 3.72. The second kappa shape index (κ2) is 6.98. The Bertz CT molecular complexity index is 973. The lowest BCUT2D eigenvalue weighted by Crippen LogP contribution is -2.30. The number of H-pyrrole nitrogens is 1. The van der Waals surface area contributed by atoms with Gasteiger partial charge in [-0.1, -0.05) is 32.1 Å². The lowest BCUT2D eigenvalue weighted by Gasteiger charge is -2.13. The fourth-order valence-corrected chi connectivity index (χ4v) is 3.32. The predicted octanol–water partition coefficient (Wildman–Crippen LogP) is 4.27. The van der Waals surface area contributed by atoms with Crippen LogP contribution in [0.4, 0.5) is 5.82 Å². The maximum Gasteiger partial charge on any atom is 0.250 e. The number of pyridine rings is 1. The van der Waals surface area contributed by atoms with Gasteiger partial charge >= 0.3 is 0 Å². The normalized spacial score (nSPS) is 11.2. The minimum Gasteiger partial charge on any atom is -0.305 e. The van der Waals surface area contributed by atoms with Gasteiger partial charge in [-0.15, -0.1) is 6.58 Å². The summed E-state index contributed by atoms with van der Waals surface area (Å²) < 4.78 is 2.15. The Hall–Kier alpha value is -2.80. The summed E-state index contributed by atoms with van der Waals surface area (Å²) in [6, 6.07) is 10.5. The molecule has 0 fully saturated rings. The van der Waals surface area contributed by atoms with Crippen LogP contribution in [0.1, 0.15) is 37.0 Å². The number of nitrogens with one attached hydrogen (secondary N) is 2. The number of nitrogens with zero attached hydrogens (tertiary/aromatic N) is 2. The van der Waals surface area contributed by atoms with E-state index in [1.165, 1.54) is 0 Å². The summed E-state index contributed by atoms with van der Waals surface area (Å²) in [5.41, 5.74) is 5.80. The Labute approximate surface area is 148 Å². The first-order chi connectivity index (χ1) is 12.1. The Kier molecular flexibility index (Phi) is 4.76. The number of aromatic amines is 1. The second-order valence-corrected chi connectivity index (χ2v) is 6.87. The highest BCUT2D eigenvalue weighted by Gasteiger charge is 2.24. The van der Waals surface area contributed by atoms with Crippen LogP contribution in [0.2, 0.25) is 0 Å². The van der Waals surface area contributed by atoms with E-state index in [0.29, 0.717) is 11.5 Å². The zero-order valence-corrected chi connectivity index (χ0v) is 15.2. The van der Waals surface area contributed by atoms with Crippen molar-refractivity contribution in [2.45, 2.75) is 33.6 Å². The average Bonchev–Trinajstić information content (AvgIpc) is 2.96. The van der Waals surface area contributed by atoms with E-state index >= 15 is 0 Å². The van der Waals surface area contributed by atoms with E-state index in [4.69, 9.17) is 0 Å². The molecule has 4 heteroatoms. The van der Waals surface area contributed by atoms with E-state index in [1.54, 1.807) is 0 Å². The fraction of sp³-hybridized carbons (Fsp3) is 0.333. The molecule has 25 heavy (non-hydrogen) atoms. The van der Waals surface area contributed by atoms with Gasteiger partial charge in [0.15, 0.2) is 0 Å². The Morgan fingerprint density at radius 1 is 1.36 bits per heavy atom. The molecule has 3 rings (SSSR count). The molecule has 0 aliphatic heterocycles. The summed E-state index contributed by atoms with van der Waals surface area (Å²) in [7, 11) is 0. The smallest absolute Gasteiger partial charge is 0.250 e. The molecule has 2 N–H and O–H groups in total. The zero-order valence-electron chi connectivity index (χ0n) is 15.2. The highest BCUT2D eigenvalue weighted by molar-refractivity contribution is 5.78. The van der Waals surface area contributed by atoms with Crippen molar-refractivity contribution < 1.29 is 4.40 Å². The minimum absolute atomic E-state index is 0.637. The summed E-state index contributed by atoms with van der Waals surface area (Å²) in [5, 5.41) is 13.4. The zero-order chi connectivity index (χ0) is 18.0. The molecule has 0 amide bonds. The topological polar surface area (TPSA) is 55.7 Å². The van der Waals surface area contributed by atoms with E-state index in [2.05, 4.69) is 47.3 Å². The van der Waals surface area contributed by atoms with Gasteiger partial charge in [-0.25, -0.2) is 0 Å². The fourth-order valence-electron chi connectivity index (χ4n) is 3.32. The number of fused-ring (bicyclic) bond motifs is 3. The number of rotatable bonds is 6. The first-order valence-corrected chi connectivity index (χ1v) is 8.81. The molecular formula is C21H25N4+. The van der Waals surface area contributed by atoms with Gasteiger partial charge in [-0.05, 0) is 43.4 Å². The number of nitriles is 1. The molecule has 0 aliphatic rings. The van der Waals surface area contributed by atoms with Crippen LogP contribution in [0.5, 0.6) is 0 Å². The number of para-hydroxylation sites is 2. The molecule has 0 saturated heterocycles. The third-order valence-electron chi connectivity index (χ3n) is 4.67. The number of benzene rings is 1. The minimum atomic E-state index is 0.637. The van der Waals surface area contributed by atoms with Gasteiger partial charge in [-0.3, -0.25) is 4.98 Å². The Balaban J connectivity index is 2.33. The molecule has 3 aromatic rings. The maximum atomic E-state index is 9.74. The quantitative estimate of drug-likeness (QED) is 0.523. The van der Waals surface area contributed by atoms with Crippen molar-refractivity contribution in [2.75, 3.05) is 11.9 Å². The van der Waals surface area contributed by atoms with E-state index in [1.807, 2.05) is 31.2 Å². The van der Waals surface area contributed by atoms with Crippen LogP contribution < -0.4 is 9.72 Å². The van der Waals surface area contributed by atoms with Gasteiger partial charge in [0.2, 0.25) is 11.5 Å². The SMILES string of the molecule is C=CCc1c(C)c(C#N)c2[nH]c3ccccc3[n+]2c1NCCC(C)C. The van der Waals surface area contributed by atoms with E-state index in [-0.39, 0.29) is 0 Å². The molecule has 0 saturated carbocycles. The van der Waals surface area contributed by atoms with Gasteiger partial charge < -0.3 is 5.32 Å². The van der Waals surface area contributed by atoms with Gasteiger partial charge in [0.05, 0.1) is 6.54 Å². The Morgan fingerprint density at radius 2 is 2.12 bits per heavy atom. The molecule has 2 heterocycles. The largest absolute Gasteiger partial charge is 0.305 e. The summed E-state index contributed by atoms with van der Waals surface area (Å²) in [5.74, 6) is 1.70. The molecular weight excluding hydrogens is 308 g/mol. The first-order valence-electron chi connectivity index (χ1n) is 8.81. The van der Waals surface area contributed by atoms with Crippen LogP contribution >= 0.6 is 0 Å². The standard InChI is InChI=1S/C21H24N4/c1-5-8-16-15(4)17(13-22)21-24-18-9-6-7-10-19(18)25(21)20(16)23-12-11-14(2)3/h5-7,9-10,14H,1,8,11-12H2,2-4H3,(H,23,24)/p+1. The van der Waals surface area contributed by atoms with Crippen LogP contribution in [0.15, 0.2) is 36.9 Å². The molecule has 0 unspecified atom stereocenters. The van der Waals surface area contributed by atoms with E-state index < -0.39 is 0 Å². The summed E-state index contributed by atoms with van der Waals surface area (Å²) in [6.45, 7) is 11.3. The number of aromatic nitrogens is 2. The lowest BCUT2D eigenvalue weighted by atomic mass is 10.0. The molecule has 4 nitrogen and oxygen atoms in total. The number of anilines is 1. The number of allylic oxidation sites excluding steroid dienone is 1. The van der Waals surface area contributed by atoms with Crippen LogP contribution in [-0.4, -0.2) is 11.5 Å².